The Balaban J connectivity index is -0.000000255. The van der Waals surface area contributed by atoms with Crippen LogP contribution in [0.5, 0.6) is 0 Å². The molecule has 0 spiro atoms. The molecular weight excluding hydrogens is 961 g/mol. The number of anilines is 1. The molecule has 77 heavy (non-hydrogen) atoms. The van der Waals surface area contributed by atoms with Gasteiger partial charge in [0.25, 0.3) is 5.91 Å². The van der Waals surface area contributed by atoms with Crippen LogP contribution < -0.4 is 10.6 Å². The van der Waals surface area contributed by atoms with Crippen LogP contribution in [0.15, 0.2) is 93.6 Å². The largest absolute Gasteiger partial charge is 0.352 e. The minimum atomic E-state index is -0.184. The van der Waals surface area contributed by atoms with Crippen molar-refractivity contribution in [3.63, 3.8) is 0 Å². The number of nitrogens with zero attached hydrogens (tertiary/aromatic N) is 4. The average Bonchev–Trinajstić information content (AvgIpc) is 3.91. The van der Waals surface area contributed by atoms with E-state index in [0.29, 0.717) is 17.8 Å². The zero-order valence-electron chi connectivity index (χ0n) is 52.1. The molecule has 0 saturated carbocycles. The first-order valence-corrected chi connectivity index (χ1v) is 28.4. The summed E-state index contributed by atoms with van der Waals surface area (Å²) in [6.07, 6.45) is 16.1. The summed E-state index contributed by atoms with van der Waals surface area (Å²) in [7, 11) is 0. The van der Waals surface area contributed by atoms with Gasteiger partial charge in [0, 0.05) is 64.6 Å². The van der Waals surface area contributed by atoms with Gasteiger partial charge in [0.05, 0.1) is 0 Å². The van der Waals surface area contributed by atoms with Crippen LogP contribution in [-0.2, 0) is 28.8 Å². The van der Waals surface area contributed by atoms with Crippen molar-refractivity contribution >= 4 is 41.1 Å². The molecule has 0 aliphatic carbocycles. The summed E-state index contributed by atoms with van der Waals surface area (Å²) < 4.78 is 0. The van der Waals surface area contributed by atoms with E-state index in [0.717, 1.165) is 127 Å². The molecule has 0 unspecified atom stereocenters. The number of rotatable bonds is 9. The Kier molecular flexibility index (Phi) is 55.9. The zero-order valence-corrected chi connectivity index (χ0v) is 52.1. The number of likely N-dealkylation sites (tertiary alicyclic amines) is 4. The average molecular weight is 1080 g/mol. The van der Waals surface area contributed by atoms with Gasteiger partial charge in [-0.2, -0.15) is 0 Å². The Morgan fingerprint density at radius 2 is 0.818 bits per heavy atom. The van der Waals surface area contributed by atoms with E-state index < -0.39 is 0 Å². The third-order valence-electron chi connectivity index (χ3n) is 9.75. The first-order valence-electron chi connectivity index (χ1n) is 28.4. The van der Waals surface area contributed by atoms with Crippen LogP contribution in [0.1, 0.15) is 169 Å². The van der Waals surface area contributed by atoms with Crippen molar-refractivity contribution in [1.29, 1.82) is 0 Å². The lowest BCUT2D eigenvalue weighted by Crippen LogP contribution is -2.51. The molecule has 4 aliphatic rings. The number of carbonyl (C=O) groups excluding carboxylic acids is 6. The smallest absolute Gasteiger partial charge is 0.298 e. The van der Waals surface area contributed by atoms with Crippen LogP contribution in [-0.4, -0.2) is 114 Å². The molecule has 0 atom stereocenters. The van der Waals surface area contributed by atoms with E-state index in [9.17, 15) is 28.8 Å². The van der Waals surface area contributed by atoms with Gasteiger partial charge >= 0.3 is 0 Å². The molecule has 440 valence electrons. The number of hydrogen-bond donors (Lipinski definition) is 2. The number of nitrogens with one attached hydrogen (secondary N) is 2. The first kappa shape index (κ1) is 80.2. The fraction of sp³-hybridized carbons (Fsp3) is 0.631. The predicted octanol–water partition coefficient (Wildman–Crippen LogP) is 13.7. The summed E-state index contributed by atoms with van der Waals surface area (Å²) in [5, 5.41) is 5.31. The SMILES string of the molecule is C=CC(=O)N1CC(C(C)C)C1.C=CC(=O)N1CCCC1.C=CC(=O)N1CCCCC1.C=CC(=O)NCC(C)C.C=CC(=O)Nc1ccccc1.CC#CC(=O)N1CCCCC1.CC(C)C.CC(C)C.CC(C)C.CC(C)C. The van der Waals surface area contributed by atoms with E-state index in [1.165, 1.54) is 43.2 Å². The molecule has 4 heterocycles. The monoisotopic (exact) mass is 1070 g/mol. The number of piperidine rings is 2. The lowest BCUT2D eigenvalue weighted by atomic mass is 9.88. The van der Waals surface area contributed by atoms with Gasteiger partial charge < -0.3 is 30.2 Å². The van der Waals surface area contributed by atoms with E-state index in [2.05, 4.69) is 152 Å². The fourth-order valence-corrected chi connectivity index (χ4v) is 5.93. The van der Waals surface area contributed by atoms with Gasteiger partial charge in [-0.15, -0.1) is 0 Å². The summed E-state index contributed by atoms with van der Waals surface area (Å²) >= 11 is 0. The number of amides is 6. The standard InChI is InChI=1S/C9H15NO.C9H9NO.C9H13NO.C8H13NO.C7H11NO.C7H13NO.4C4H10/c1-4-9(11)10-5-8(6-10)7(2)3;1-2-9(11)10-8-6-4-3-5-7-8;1-2-6-9(11)10-7-4-3-5-8-10;1-2-8(10)9-6-4-3-5-7-9;1-2-7(9)8-5-3-4-6-8;1-4-7(9)8-5-6(2)3;4*1-4(2)3/h4,7-8H,1,5-6H2,2-3H3;2-7H,1H2,(H,10,11);3-5,7-8H2,1H3;2H,1,3-7H2;2H,1,3-6H2;4,6H,1,5H2,2-3H3,(H,8,9);4*4H,1-3H3. The Labute approximate surface area is 473 Å². The van der Waals surface area contributed by atoms with Crippen molar-refractivity contribution in [2.45, 2.75) is 169 Å². The highest BCUT2D eigenvalue weighted by Crippen LogP contribution is 2.23. The fourth-order valence-electron chi connectivity index (χ4n) is 5.93. The highest BCUT2D eigenvalue weighted by molar-refractivity contribution is 5.98. The first-order chi connectivity index (χ1) is 36.1. The van der Waals surface area contributed by atoms with Gasteiger partial charge in [0.1, 0.15) is 0 Å². The van der Waals surface area contributed by atoms with E-state index in [1.807, 2.05) is 63.8 Å². The van der Waals surface area contributed by atoms with Crippen LogP contribution in [0.4, 0.5) is 5.69 Å². The lowest BCUT2D eigenvalue weighted by molar-refractivity contribution is -0.133. The van der Waals surface area contributed by atoms with Crippen LogP contribution in [0.2, 0.25) is 0 Å². The third kappa shape index (κ3) is 57.8. The second kappa shape index (κ2) is 53.7. The third-order valence-corrected chi connectivity index (χ3v) is 9.75. The molecule has 12 nitrogen and oxygen atoms in total. The summed E-state index contributed by atoms with van der Waals surface area (Å²) in [4.78, 5) is 72.5. The normalized spacial score (nSPS) is 13.8. The van der Waals surface area contributed by atoms with Crippen molar-refractivity contribution < 1.29 is 28.8 Å². The van der Waals surface area contributed by atoms with Crippen molar-refractivity contribution in [3.05, 3.63) is 93.6 Å². The number of para-hydroxylation sites is 1. The molecule has 0 bridgehead atoms. The van der Waals surface area contributed by atoms with Gasteiger partial charge in [-0.3, -0.25) is 28.8 Å². The van der Waals surface area contributed by atoms with Crippen molar-refractivity contribution in [2.75, 3.05) is 64.2 Å². The lowest BCUT2D eigenvalue weighted by Gasteiger charge is -2.41. The molecule has 0 aromatic heterocycles. The molecule has 1 aromatic rings. The Bertz CT molecular complexity index is 1750. The van der Waals surface area contributed by atoms with Gasteiger partial charge in [0.2, 0.25) is 29.5 Å². The van der Waals surface area contributed by atoms with E-state index in [-0.39, 0.29) is 35.4 Å². The number of hydrogen-bond acceptors (Lipinski definition) is 6. The molecule has 12 heteroatoms. The van der Waals surface area contributed by atoms with Gasteiger partial charge in [-0.05, 0) is 148 Å². The molecule has 4 saturated heterocycles. The van der Waals surface area contributed by atoms with E-state index in [1.54, 1.807) is 6.92 Å². The summed E-state index contributed by atoms with van der Waals surface area (Å²) in [5.74, 6) is 10.4. The maximum absolute atomic E-state index is 11.2. The molecular formula is C65H114N6O6. The van der Waals surface area contributed by atoms with E-state index in [4.69, 9.17) is 0 Å². The Morgan fingerprint density at radius 3 is 1.12 bits per heavy atom. The Morgan fingerprint density at radius 1 is 0.494 bits per heavy atom. The van der Waals surface area contributed by atoms with Gasteiger partial charge in [-0.25, -0.2) is 0 Å². The summed E-state index contributed by atoms with van der Waals surface area (Å²) in [6.45, 7) is 61.2. The van der Waals surface area contributed by atoms with Crippen LogP contribution >= 0.6 is 0 Å². The van der Waals surface area contributed by atoms with Crippen molar-refractivity contribution in [1.82, 2.24) is 24.9 Å². The van der Waals surface area contributed by atoms with Gasteiger partial charge in [-0.1, -0.05) is 168 Å². The number of benzene rings is 1. The highest BCUT2D eigenvalue weighted by atomic mass is 16.2. The maximum Gasteiger partial charge on any atom is 0.298 e. The molecule has 1 aromatic carbocycles. The maximum atomic E-state index is 11.2. The molecule has 0 radical (unpaired) electrons. The van der Waals surface area contributed by atoms with Crippen molar-refractivity contribution in [2.24, 2.45) is 41.4 Å². The van der Waals surface area contributed by atoms with Crippen LogP contribution in [0, 0.1) is 53.3 Å². The van der Waals surface area contributed by atoms with Crippen LogP contribution in [0.25, 0.3) is 0 Å². The molecule has 5 rings (SSSR count). The molecule has 4 fully saturated rings. The highest BCUT2D eigenvalue weighted by Gasteiger charge is 2.31. The predicted molar refractivity (Wildman–Crippen MR) is 331 cm³/mol. The molecule has 2 N–H and O–H groups in total. The van der Waals surface area contributed by atoms with Gasteiger partial charge in [0.15, 0.2) is 0 Å². The van der Waals surface area contributed by atoms with Crippen molar-refractivity contribution in [3.8, 4) is 11.8 Å². The second-order valence-electron chi connectivity index (χ2n) is 22.3. The quantitative estimate of drug-likeness (QED) is 0.186. The molecule has 4 aliphatic heterocycles. The molecule has 6 amide bonds. The van der Waals surface area contributed by atoms with E-state index >= 15 is 0 Å². The summed E-state index contributed by atoms with van der Waals surface area (Å²) in [5.41, 5.74) is 0.789. The van der Waals surface area contributed by atoms with Crippen LogP contribution in [0.3, 0.4) is 0 Å². The second-order valence-corrected chi connectivity index (χ2v) is 22.3. The topological polar surface area (TPSA) is 139 Å². The Hall–Kier alpha value is -5.70. The zero-order chi connectivity index (χ0) is 60.3. The number of carbonyl (C=O) groups is 6. The summed E-state index contributed by atoms with van der Waals surface area (Å²) in [6, 6.07) is 9.25. The minimum absolute atomic E-state index is 0.00722. The minimum Gasteiger partial charge on any atom is -0.352 e.